The van der Waals surface area contributed by atoms with Crippen LogP contribution < -0.4 is 5.32 Å². The van der Waals surface area contributed by atoms with Gasteiger partial charge >= 0.3 is 6.03 Å². The van der Waals surface area contributed by atoms with Crippen LogP contribution in [0, 0.1) is 0 Å². The van der Waals surface area contributed by atoms with Gasteiger partial charge in [-0.05, 0) is 6.92 Å². The van der Waals surface area contributed by atoms with Crippen LogP contribution in [0.3, 0.4) is 0 Å². The van der Waals surface area contributed by atoms with Crippen LogP contribution in [0.1, 0.15) is 11.9 Å². The van der Waals surface area contributed by atoms with Crippen molar-refractivity contribution >= 4 is 17.4 Å². The number of likely N-dealkylation sites (N-methyl/N-ethyl adjacent to an activating group) is 1. The Labute approximate surface area is 88.0 Å². The number of hydrogen-bond acceptors (Lipinski definition) is 3. The van der Waals surface area contributed by atoms with Gasteiger partial charge in [-0.3, -0.25) is 0 Å². The monoisotopic (exact) mass is 213 g/mol. The molecule has 2 amide bonds. The Morgan fingerprint density at radius 2 is 2.50 bits per heavy atom. The van der Waals surface area contributed by atoms with E-state index in [4.69, 9.17) is 0 Å². The van der Waals surface area contributed by atoms with Gasteiger partial charge in [0.15, 0.2) is 0 Å². The van der Waals surface area contributed by atoms with E-state index in [1.54, 1.807) is 29.5 Å². The highest BCUT2D eigenvalue weighted by Crippen LogP contribution is 2.04. The summed E-state index contributed by atoms with van der Waals surface area (Å²) in [5.74, 6) is 0. The third-order valence-corrected chi connectivity index (χ3v) is 2.66. The van der Waals surface area contributed by atoms with Gasteiger partial charge in [-0.1, -0.05) is 0 Å². The Morgan fingerprint density at radius 1 is 1.71 bits per heavy atom. The molecule has 1 aromatic heterocycles. The number of aromatic nitrogens is 1. The van der Waals surface area contributed by atoms with E-state index >= 15 is 0 Å². The van der Waals surface area contributed by atoms with Crippen molar-refractivity contribution in [3.05, 3.63) is 16.6 Å². The number of urea groups is 1. The van der Waals surface area contributed by atoms with E-state index in [9.17, 15) is 4.79 Å². The minimum atomic E-state index is -0.0240. The highest BCUT2D eigenvalue weighted by atomic mass is 32.1. The Hall–Kier alpha value is -1.10. The normalized spacial score (nSPS) is 9.86. The van der Waals surface area contributed by atoms with Crippen LogP contribution in [-0.2, 0) is 6.42 Å². The summed E-state index contributed by atoms with van der Waals surface area (Å²) in [6.45, 7) is 3.28. The number of carbonyl (C=O) groups is 1. The van der Waals surface area contributed by atoms with Gasteiger partial charge < -0.3 is 10.2 Å². The molecule has 0 aromatic carbocycles. The lowest BCUT2D eigenvalue weighted by Crippen LogP contribution is -2.38. The summed E-state index contributed by atoms with van der Waals surface area (Å²) in [5, 5.41) is 5.76. The molecule has 78 valence electrons. The van der Waals surface area contributed by atoms with E-state index in [0.717, 1.165) is 11.4 Å². The zero-order chi connectivity index (χ0) is 10.4. The summed E-state index contributed by atoms with van der Waals surface area (Å²) in [6, 6.07) is -0.0240. The van der Waals surface area contributed by atoms with Crippen LogP contribution in [-0.4, -0.2) is 36.1 Å². The Balaban J connectivity index is 2.27. The minimum Gasteiger partial charge on any atom is -0.338 e. The molecule has 0 spiro atoms. The average Bonchev–Trinajstić information content (AvgIpc) is 2.67. The zero-order valence-electron chi connectivity index (χ0n) is 8.49. The molecule has 1 rings (SSSR count). The lowest BCUT2D eigenvalue weighted by molar-refractivity contribution is 0.210. The molecule has 1 N–H and O–H groups in total. The number of nitrogens with zero attached hydrogens (tertiary/aromatic N) is 2. The first kappa shape index (κ1) is 11.0. The lowest BCUT2D eigenvalue weighted by atomic mass is 10.4. The van der Waals surface area contributed by atoms with E-state index in [1.807, 2.05) is 12.3 Å². The van der Waals surface area contributed by atoms with E-state index in [2.05, 4.69) is 10.3 Å². The van der Waals surface area contributed by atoms with Crippen molar-refractivity contribution in [3.8, 4) is 0 Å². The molecule has 0 saturated heterocycles. The maximum atomic E-state index is 11.3. The zero-order valence-corrected chi connectivity index (χ0v) is 9.30. The Bertz CT molecular complexity index is 274. The molecule has 4 nitrogen and oxygen atoms in total. The van der Waals surface area contributed by atoms with Gasteiger partial charge in [-0.15, -0.1) is 11.3 Å². The molecule has 0 bridgehead atoms. The second-order valence-corrected chi connectivity index (χ2v) is 3.91. The number of nitrogens with one attached hydrogen (secondary N) is 1. The molecule has 0 aliphatic rings. The summed E-state index contributed by atoms with van der Waals surface area (Å²) in [5.41, 5.74) is 0. The SMILES string of the molecule is CCNC(=O)N(C)CCc1nccs1. The van der Waals surface area contributed by atoms with Gasteiger partial charge in [-0.25, -0.2) is 9.78 Å². The second kappa shape index (κ2) is 5.59. The van der Waals surface area contributed by atoms with Gasteiger partial charge in [0.2, 0.25) is 0 Å². The first-order chi connectivity index (χ1) is 6.74. The molecule has 0 aliphatic heterocycles. The fraction of sp³-hybridized carbons (Fsp3) is 0.556. The van der Waals surface area contributed by atoms with Gasteiger partial charge in [0.05, 0.1) is 5.01 Å². The van der Waals surface area contributed by atoms with Gasteiger partial charge in [-0.2, -0.15) is 0 Å². The maximum Gasteiger partial charge on any atom is 0.317 e. The number of hydrogen-bond donors (Lipinski definition) is 1. The molecule has 0 atom stereocenters. The first-order valence-electron chi connectivity index (χ1n) is 4.61. The lowest BCUT2D eigenvalue weighted by Gasteiger charge is -2.16. The van der Waals surface area contributed by atoms with Crippen LogP contribution in [0.15, 0.2) is 11.6 Å². The molecule has 1 aromatic rings. The van der Waals surface area contributed by atoms with E-state index in [0.29, 0.717) is 13.1 Å². The van der Waals surface area contributed by atoms with Crippen molar-refractivity contribution in [2.45, 2.75) is 13.3 Å². The van der Waals surface area contributed by atoms with Crippen molar-refractivity contribution in [2.75, 3.05) is 20.1 Å². The van der Waals surface area contributed by atoms with Crippen LogP contribution in [0.2, 0.25) is 0 Å². The van der Waals surface area contributed by atoms with Crippen molar-refractivity contribution in [2.24, 2.45) is 0 Å². The summed E-state index contributed by atoms with van der Waals surface area (Å²) < 4.78 is 0. The van der Waals surface area contributed by atoms with E-state index in [-0.39, 0.29) is 6.03 Å². The number of rotatable bonds is 4. The smallest absolute Gasteiger partial charge is 0.317 e. The molecule has 5 heteroatoms. The minimum absolute atomic E-state index is 0.0240. The molecule has 1 heterocycles. The topological polar surface area (TPSA) is 45.2 Å². The van der Waals surface area contributed by atoms with Crippen molar-refractivity contribution < 1.29 is 4.79 Å². The molecule has 14 heavy (non-hydrogen) atoms. The molecule has 0 fully saturated rings. The van der Waals surface area contributed by atoms with Gasteiger partial charge in [0, 0.05) is 38.1 Å². The fourth-order valence-electron chi connectivity index (χ4n) is 1.03. The predicted molar refractivity (Wildman–Crippen MR) is 57.5 cm³/mol. The fourth-order valence-corrected chi connectivity index (χ4v) is 1.64. The van der Waals surface area contributed by atoms with Crippen LogP contribution >= 0.6 is 11.3 Å². The summed E-state index contributed by atoms with van der Waals surface area (Å²) >= 11 is 1.62. The van der Waals surface area contributed by atoms with E-state index < -0.39 is 0 Å². The first-order valence-corrected chi connectivity index (χ1v) is 5.49. The number of thiazole rings is 1. The van der Waals surface area contributed by atoms with E-state index in [1.165, 1.54) is 0 Å². The third-order valence-electron chi connectivity index (χ3n) is 1.82. The second-order valence-electron chi connectivity index (χ2n) is 2.93. The summed E-state index contributed by atoms with van der Waals surface area (Å²) in [7, 11) is 1.79. The molecule has 0 radical (unpaired) electrons. The summed E-state index contributed by atoms with van der Waals surface area (Å²) in [4.78, 5) is 17.1. The number of amides is 2. The largest absolute Gasteiger partial charge is 0.338 e. The van der Waals surface area contributed by atoms with Gasteiger partial charge in [0.25, 0.3) is 0 Å². The van der Waals surface area contributed by atoms with Crippen molar-refractivity contribution in [1.29, 1.82) is 0 Å². The Morgan fingerprint density at radius 3 is 3.07 bits per heavy atom. The van der Waals surface area contributed by atoms with Crippen LogP contribution in [0.25, 0.3) is 0 Å². The van der Waals surface area contributed by atoms with Crippen LogP contribution in [0.5, 0.6) is 0 Å². The van der Waals surface area contributed by atoms with Crippen molar-refractivity contribution in [3.63, 3.8) is 0 Å². The number of carbonyl (C=O) groups excluding carboxylic acids is 1. The molecule has 0 unspecified atom stereocenters. The predicted octanol–water partition coefficient (Wildman–Crippen LogP) is 1.35. The molecule has 0 saturated carbocycles. The highest BCUT2D eigenvalue weighted by Gasteiger charge is 2.06. The molecular weight excluding hydrogens is 198 g/mol. The quantitative estimate of drug-likeness (QED) is 0.820. The average molecular weight is 213 g/mol. The standard InChI is InChI=1S/C9H15N3OS/c1-3-10-9(13)12(2)6-4-8-11-5-7-14-8/h5,7H,3-4,6H2,1-2H3,(H,10,13). The highest BCUT2D eigenvalue weighted by molar-refractivity contribution is 7.09. The van der Waals surface area contributed by atoms with Crippen LogP contribution in [0.4, 0.5) is 4.79 Å². The molecule has 0 aliphatic carbocycles. The van der Waals surface area contributed by atoms with Crippen molar-refractivity contribution in [1.82, 2.24) is 15.2 Å². The molecular formula is C9H15N3OS. The Kier molecular flexibility index (Phi) is 4.39. The summed E-state index contributed by atoms with van der Waals surface area (Å²) in [6.07, 6.45) is 2.61. The van der Waals surface area contributed by atoms with Gasteiger partial charge in [0.1, 0.15) is 0 Å². The third kappa shape index (κ3) is 3.33. The maximum absolute atomic E-state index is 11.3.